The number of fused-ring (bicyclic) bond motifs is 1. The molecule has 2 amide bonds. The molecule has 2 aromatic carbocycles. The van der Waals surface area contributed by atoms with Gasteiger partial charge in [-0.1, -0.05) is 43.6 Å². The first-order valence-corrected chi connectivity index (χ1v) is 10.7. The normalized spacial score (nSPS) is 16.6. The number of amides is 2. The fraction of sp³-hybridized carbons (Fsp3) is 0.391. The van der Waals surface area contributed by atoms with E-state index < -0.39 is 6.10 Å². The van der Waals surface area contributed by atoms with Gasteiger partial charge in [-0.15, -0.1) is 0 Å². The number of hydrogen-bond acceptors (Lipinski definition) is 3. The van der Waals surface area contributed by atoms with Gasteiger partial charge in [0.25, 0.3) is 0 Å². The third-order valence-electron chi connectivity index (χ3n) is 6.40. The molecule has 30 heavy (non-hydrogen) atoms. The molecule has 3 N–H and O–H groups in total. The minimum Gasteiger partial charge on any atom is -0.388 e. The van der Waals surface area contributed by atoms with E-state index in [9.17, 15) is 9.90 Å². The Balaban J connectivity index is 1.44. The summed E-state index contributed by atoms with van der Waals surface area (Å²) in [6.07, 6.45) is 2.68. The van der Waals surface area contributed by atoms with Crippen LogP contribution in [0.3, 0.4) is 0 Å². The van der Waals surface area contributed by atoms with E-state index in [0.717, 1.165) is 35.0 Å². The topological polar surface area (TPSA) is 81.2 Å². The number of likely N-dealkylation sites (tertiary alicyclic amines) is 1. The van der Waals surface area contributed by atoms with Gasteiger partial charge in [-0.3, -0.25) is 5.10 Å². The molecule has 0 saturated carbocycles. The Labute approximate surface area is 181 Å². The molecule has 4 rings (SSSR count). The van der Waals surface area contributed by atoms with E-state index in [4.69, 9.17) is 11.6 Å². The average Bonchev–Trinajstić information content (AvgIpc) is 3.21. The van der Waals surface area contributed by atoms with Gasteiger partial charge in [0.2, 0.25) is 0 Å². The Bertz CT molecular complexity index is 1030. The zero-order chi connectivity index (χ0) is 21.3. The van der Waals surface area contributed by atoms with Crippen molar-refractivity contribution in [2.75, 3.05) is 18.4 Å². The zero-order valence-corrected chi connectivity index (χ0v) is 18.0. The Morgan fingerprint density at radius 1 is 1.27 bits per heavy atom. The van der Waals surface area contributed by atoms with Crippen LogP contribution in [0, 0.1) is 11.3 Å². The minimum atomic E-state index is -0.700. The molecule has 6 nitrogen and oxygen atoms in total. The number of carbonyl (C=O) groups excluding carboxylic acids is 1. The van der Waals surface area contributed by atoms with Crippen LogP contribution in [0.25, 0.3) is 10.9 Å². The second-order valence-corrected chi connectivity index (χ2v) is 9.05. The number of urea groups is 1. The second-order valence-electron chi connectivity index (χ2n) is 8.61. The number of anilines is 1. The third-order valence-corrected chi connectivity index (χ3v) is 6.62. The van der Waals surface area contributed by atoms with Crippen LogP contribution in [0.5, 0.6) is 0 Å². The molecule has 0 bridgehead atoms. The van der Waals surface area contributed by atoms with Crippen LogP contribution in [-0.2, 0) is 0 Å². The maximum absolute atomic E-state index is 12.6. The number of aliphatic hydroxyl groups is 1. The SMILES string of the molecule is CC(C)(C1CCN(C(=O)Nc2ccccc2)CC1)[C@@H](O)c1cc(Cl)cc2cn[nH]c12. The molecule has 1 aliphatic heterocycles. The molecule has 1 saturated heterocycles. The summed E-state index contributed by atoms with van der Waals surface area (Å²) in [4.78, 5) is 14.4. The summed E-state index contributed by atoms with van der Waals surface area (Å²) < 4.78 is 0. The van der Waals surface area contributed by atoms with E-state index in [2.05, 4.69) is 29.4 Å². The highest BCUT2D eigenvalue weighted by atomic mass is 35.5. The lowest BCUT2D eigenvalue weighted by Crippen LogP contribution is -2.45. The standard InChI is InChI=1S/C23H27ClN4O2/c1-23(2,21(29)19-13-17(24)12-15-14-25-27-20(15)19)16-8-10-28(11-9-16)22(30)26-18-6-4-3-5-7-18/h3-7,12-14,16,21,29H,8-11H2,1-2H3,(H,25,27)(H,26,30)/t21-/m0/s1. The van der Waals surface area contributed by atoms with Crippen LogP contribution in [0.1, 0.15) is 38.4 Å². The van der Waals surface area contributed by atoms with E-state index in [1.165, 1.54) is 0 Å². The van der Waals surface area contributed by atoms with Crippen molar-refractivity contribution in [2.45, 2.75) is 32.8 Å². The van der Waals surface area contributed by atoms with E-state index >= 15 is 0 Å². The predicted octanol–water partition coefficient (Wildman–Crippen LogP) is 5.22. The Hall–Kier alpha value is -2.57. The molecule has 0 radical (unpaired) electrons. The first-order valence-electron chi connectivity index (χ1n) is 10.3. The Morgan fingerprint density at radius 3 is 2.67 bits per heavy atom. The lowest BCUT2D eigenvalue weighted by Gasteiger charge is -2.43. The molecule has 1 fully saturated rings. The Morgan fingerprint density at radius 2 is 1.97 bits per heavy atom. The number of nitrogens with one attached hydrogen (secondary N) is 2. The summed E-state index contributed by atoms with van der Waals surface area (Å²) in [5.41, 5.74) is 2.00. The van der Waals surface area contributed by atoms with Gasteiger partial charge in [0.15, 0.2) is 0 Å². The molecule has 1 aliphatic rings. The van der Waals surface area contributed by atoms with Gasteiger partial charge in [-0.05, 0) is 48.4 Å². The molecular weight excluding hydrogens is 400 g/mol. The number of aliphatic hydroxyl groups excluding tert-OH is 1. The van der Waals surface area contributed by atoms with Gasteiger partial charge < -0.3 is 15.3 Å². The van der Waals surface area contributed by atoms with Crippen molar-refractivity contribution in [1.29, 1.82) is 0 Å². The van der Waals surface area contributed by atoms with Crippen molar-refractivity contribution >= 4 is 34.2 Å². The van der Waals surface area contributed by atoms with Crippen LogP contribution in [-0.4, -0.2) is 39.3 Å². The number of para-hydroxylation sites is 1. The Kier molecular flexibility index (Phi) is 5.71. The monoisotopic (exact) mass is 426 g/mol. The molecule has 0 aliphatic carbocycles. The maximum Gasteiger partial charge on any atom is 0.321 e. The number of H-pyrrole nitrogens is 1. The highest BCUT2D eigenvalue weighted by Crippen LogP contribution is 2.46. The number of carbonyl (C=O) groups is 1. The summed E-state index contributed by atoms with van der Waals surface area (Å²) in [5, 5.41) is 22.8. The molecule has 158 valence electrons. The third kappa shape index (κ3) is 4.02. The summed E-state index contributed by atoms with van der Waals surface area (Å²) >= 11 is 6.28. The van der Waals surface area contributed by atoms with E-state index in [0.29, 0.717) is 18.1 Å². The number of rotatable bonds is 4. The molecule has 3 aromatic rings. The van der Waals surface area contributed by atoms with Gasteiger partial charge in [0, 0.05) is 34.7 Å². The van der Waals surface area contributed by atoms with Crippen LogP contribution in [0.2, 0.25) is 5.02 Å². The average molecular weight is 427 g/mol. The van der Waals surface area contributed by atoms with E-state index in [1.807, 2.05) is 47.4 Å². The van der Waals surface area contributed by atoms with Crippen LogP contribution in [0.4, 0.5) is 10.5 Å². The van der Waals surface area contributed by atoms with E-state index in [-0.39, 0.29) is 17.4 Å². The highest BCUT2D eigenvalue weighted by molar-refractivity contribution is 6.31. The van der Waals surface area contributed by atoms with E-state index in [1.54, 1.807) is 6.20 Å². The number of aromatic amines is 1. The fourth-order valence-electron chi connectivity index (χ4n) is 4.44. The molecule has 1 aromatic heterocycles. The van der Waals surface area contributed by atoms with Crippen LogP contribution < -0.4 is 5.32 Å². The van der Waals surface area contributed by atoms with Crippen molar-refractivity contribution in [3.8, 4) is 0 Å². The number of nitrogens with zero attached hydrogens (tertiary/aromatic N) is 2. The quantitative estimate of drug-likeness (QED) is 0.535. The molecule has 2 heterocycles. The van der Waals surface area contributed by atoms with Gasteiger partial charge in [-0.25, -0.2) is 4.79 Å². The van der Waals surface area contributed by atoms with Crippen molar-refractivity contribution in [1.82, 2.24) is 15.1 Å². The molecule has 1 atom stereocenters. The summed E-state index contributed by atoms with van der Waals surface area (Å²) in [6.45, 7) is 5.50. The second kappa shape index (κ2) is 8.28. The largest absolute Gasteiger partial charge is 0.388 e. The lowest BCUT2D eigenvalue weighted by atomic mass is 9.68. The van der Waals surface area contributed by atoms with Crippen LogP contribution >= 0.6 is 11.6 Å². The summed E-state index contributed by atoms with van der Waals surface area (Å²) in [7, 11) is 0. The van der Waals surface area contributed by atoms with Crippen LogP contribution in [0.15, 0.2) is 48.7 Å². The number of aromatic nitrogens is 2. The first-order chi connectivity index (χ1) is 14.4. The number of halogens is 1. The van der Waals surface area contributed by atoms with Crippen molar-refractivity contribution in [2.24, 2.45) is 11.3 Å². The van der Waals surface area contributed by atoms with Crippen molar-refractivity contribution in [3.05, 3.63) is 59.2 Å². The first kappa shape index (κ1) is 20.7. The molecule has 0 unspecified atom stereocenters. The minimum absolute atomic E-state index is 0.0768. The number of piperidine rings is 1. The maximum atomic E-state index is 12.6. The van der Waals surface area contributed by atoms with Gasteiger partial charge in [0.05, 0.1) is 17.8 Å². The van der Waals surface area contributed by atoms with Crippen molar-refractivity contribution in [3.63, 3.8) is 0 Å². The lowest BCUT2D eigenvalue weighted by molar-refractivity contribution is -0.0138. The van der Waals surface area contributed by atoms with Gasteiger partial charge in [0.1, 0.15) is 0 Å². The van der Waals surface area contributed by atoms with Gasteiger partial charge in [-0.2, -0.15) is 5.10 Å². The molecule has 7 heteroatoms. The van der Waals surface area contributed by atoms with Gasteiger partial charge >= 0.3 is 6.03 Å². The highest BCUT2D eigenvalue weighted by Gasteiger charge is 2.40. The van der Waals surface area contributed by atoms with Crippen molar-refractivity contribution < 1.29 is 9.90 Å². The fourth-order valence-corrected chi connectivity index (χ4v) is 4.67. The summed E-state index contributed by atoms with van der Waals surface area (Å²) in [5.74, 6) is 0.269. The summed E-state index contributed by atoms with van der Waals surface area (Å²) in [6, 6.07) is 13.1. The number of hydrogen-bond donors (Lipinski definition) is 3. The molecule has 0 spiro atoms. The zero-order valence-electron chi connectivity index (χ0n) is 17.2. The smallest absolute Gasteiger partial charge is 0.321 e. The number of benzene rings is 2. The predicted molar refractivity (Wildman–Crippen MR) is 120 cm³/mol. The molecular formula is C23H27ClN4O2.